The normalized spacial score (nSPS) is 10.6. The second kappa shape index (κ2) is 5.80. The first-order valence-electron chi connectivity index (χ1n) is 4.80. The summed E-state index contributed by atoms with van der Waals surface area (Å²) in [6.07, 6.45) is 0. The second-order valence-electron chi connectivity index (χ2n) is 3.89. The molecule has 1 amide bonds. The number of anilines is 1. The molecule has 0 saturated heterocycles. The predicted molar refractivity (Wildman–Crippen MR) is 73.8 cm³/mol. The zero-order valence-electron chi connectivity index (χ0n) is 9.47. The van der Waals surface area contributed by atoms with E-state index in [2.05, 4.69) is 37.2 Å². The van der Waals surface area contributed by atoms with Gasteiger partial charge in [-0.1, -0.05) is 0 Å². The molecule has 1 aromatic rings. The van der Waals surface area contributed by atoms with Crippen LogP contribution in [0.25, 0.3) is 0 Å². The average Bonchev–Trinajstić information content (AvgIpc) is 2.09. The van der Waals surface area contributed by atoms with Crippen LogP contribution in [0.15, 0.2) is 21.1 Å². The number of benzene rings is 1. The van der Waals surface area contributed by atoms with Crippen LogP contribution in [0.1, 0.15) is 5.56 Å². The van der Waals surface area contributed by atoms with Crippen LogP contribution in [0.3, 0.4) is 0 Å². The van der Waals surface area contributed by atoms with Crippen molar-refractivity contribution in [2.45, 2.75) is 6.92 Å². The number of amides is 1. The summed E-state index contributed by atoms with van der Waals surface area (Å²) in [6.45, 7) is 2.37. The van der Waals surface area contributed by atoms with E-state index in [0.717, 1.165) is 20.2 Å². The van der Waals surface area contributed by atoms with Gasteiger partial charge in [-0.05, 0) is 70.6 Å². The molecule has 0 bridgehead atoms. The molecule has 0 spiro atoms. The van der Waals surface area contributed by atoms with E-state index in [4.69, 9.17) is 0 Å². The Kier molecular flexibility index (Phi) is 4.95. The van der Waals surface area contributed by atoms with Gasteiger partial charge in [0, 0.05) is 8.95 Å². The van der Waals surface area contributed by atoms with Crippen LogP contribution >= 0.6 is 31.9 Å². The minimum Gasteiger partial charge on any atom is -0.323 e. The van der Waals surface area contributed by atoms with Crippen LogP contribution in [0.5, 0.6) is 0 Å². The molecule has 0 aliphatic rings. The zero-order chi connectivity index (χ0) is 12.3. The Morgan fingerprint density at radius 1 is 1.31 bits per heavy atom. The first kappa shape index (κ1) is 13.7. The van der Waals surface area contributed by atoms with Gasteiger partial charge >= 0.3 is 0 Å². The third-order valence-electron chi connectivity index (χ3n) is 1.91. The number of halogens is 2. The lowest BCUT2D eigenvalue weighted by Gasteiger charge is -2.13. The van der Waals surface area contributed by atoms with Crippen LogP contribution < -0.4 is 5.32 Å². The highest BCUT2D eigenvalue weighted by Gasteiger charge is 2.10. The Hall–Kier alpha value is -0.390. The summed E-state index contributed by atoms with van der Waals surface area (Å²) in [5.74, 6) is -0.0322. The Balaban J connectivity index is 2.85. The number of likely N-dealkylation sites (N-methyl/N-ethyl adjacent to an activating group) is 1. The van der Waals surface area contributed by atoms with Crippen LogP contribution in [0.2, 0.25) is 0 Å². The van der Waals surface area contributed by atoms with Gasteiger partial charge in [-0.3, -0.25) is 4.79 Å². The maximum Gasteiger partial charge on any atom is 0.238 e. The SMILES string of the molecule is Cc1cc(Br)c(NC(=O)CN(C)C)c(Br)c1. The molecule has 0 radical (unpaired) electrons. The summed E-state index contributed by atoms with van der Waals surface area (Å²) in [5.41, 5.74) is 1.90. The maximum atomic E-state index is 11.6. The summed E-state index contributed by atoms with van der Waals surface area (Å²) >= 11 is 6.87. The minimum absolute atomic E-state index is 0.0322. The number of nitrogens with one attached hydrogen (secondary N) is 1. The molecule has 88 valence electrons. The van der Waals surface area contributed by atoms with Crippen molar-refractivity contribution in [3.05, 3.63) is 26.6 Å². The van der Waals surface area contributed by atoms with Crippen molar-refractivity contribution >= 4 is 43.5 Å². The number of nitrogens with zero attached hydrogens (tertiary/aromatic N) is 1. The fourth-order valence-electron chi connectivity index (χ4n) is 1.29. The molecular weight excluding hydrogens is 336 g/mol. The Morgan fingerprint density at radius 3 is 2.25 bits per heavy atom. The predicted octanol–water partition coefficient (Wildman–Crippen LogP) is 3.02. The Morgan fingerprint density at radius 2 is 1.81 bits per heavy atom. The molecule has 16 heavy (non-hydrogen) atoms. The standard InChI is InChI=1S/C11H14Br2N2O/c1-7-4-8(12)11(9(13)5-7)14-10(16)6-15(2)3/h4-5H,6H2,1-3H3,(H,14,16). The topological polar surface area (TPSA) is 32.3 Å². The first-order valence-corrected chi connectivity index (χ1v) is 6.39. The number of hydrogen-bond donors (Lipinski definition) is 1. The van der Waals surface area contributed by atoms with Crippen molar-refractivity contribution < 1.29 is 4.79 Å². The highest BCUT2D eigenvalue weighted by molar-refractivity contribution is 9.11. The number of aryl methyl sites for hydroxylation is 1. The molecule has 5 heteroatoms. The molecule has 0 aromatic heterocycles. The van der Waals surface area contributed by atoms with Crippen molar-refractivity contribution in [2.75, 3.05) is 26.0 Å². The van der Waals surface area contributed by atoms with E-state index in [0.29, 0.717) is 6.54 Å². The van der Waals surface area contributed by atoms with Gasteiger partial charge in [-0.2, -0.15) is 0 Å². The van der Waals surface area contributed by atoms with Crippen molar-refractivity contribution in [1.82, 2.24) is 4.90 Å². The largest absolute Gasteiger partial charge is 0.323 e. The van der Waals surface area contributed by atoms with Crippen LogP contribution in [-0.4, -0.2) is 31.4 Å². The molecule has 0 fully saturated rings. The molecular formula is C11H14Br2N2O. The molecule has 1 N–H and O–H groups in total. The van der Waals surface area contributed by atoms with E-state index in [1.54, 1.807) is 0 Å². The molecule has 0 aliphatic carbocycles. The Bertz CT molecular complexity index is 382. The Labute approximate surface area is 112 Å². The lowest BCUT2D eigenvalue weighted by molar-refractivity contribution is -0.116. The van der Waals surface area contributed by atoms with E-state index in [1.165, 1.54) is 0 Å². The number of hydrogen-bond acceptors (Lipinski definition) is 2. The van der Waals surface area contributed by atoms with E-state index in [9.17, 15) is 4.79 Å². The second-order valence-corrected chi connectivity index (χ2v) is 5.60. The third-order valence-corrected chi connectivity index (χ3v) is 3.16. The number of carbonyl (C=O) groups excluding carboxylic acids is 1. The molecule has 0 saturated carbocycles. The molecule has 0 unspecified atom stereocenters. The van der Waals surface area contributed by atoms with Gasteiger partial charge < -0.3 is 10.2 Å². The van der Waals surface area contributed by atoms with Crippen LogP contribution in [-0.2, 0) is 4.79 Å². The summed E-state index contributed by atoms with van der Waals surface area (Å²) in [7, 11) is 3.72. The monoisotopic (exact) mass is 348 g/mol. The zero-order valence-corrected chi connectivity index (χ0v) is 12.6. The van der Waals surface area contributed by atoms with Gasteiger partial charge in [0.2, 0.25) is 5.91 Å². The molecule has 3 nitrogen and oxygen atoms in total. The fraction of sp³-hybridized carbons (Fsp3) is 0.364. The average molecular weight is 350 g/mol. The summed E-state index contributed by atoms with van der Waals surface area (Å²) < 4.78 is 1.76. The lowest BCUT2D eigenvalue weighted by atomic mass is 10.2. The fourth-order valence-corrected chi connectivity index (χ4v) is 2.90. The minimum atomic E-state index is -0.0322. The third kappa shape index (κ3) is 3.88. The molecule has 1 aromatic carbocycles. The van der Waals surface area contributed by atoms with Gasteiger partial charge in [0.1, 0.15) is 0 Å². The van der Waals surface area contributed by atoms with Crippen molar-refractivity contribution in [3.63, 3.8) is 0 Å². The first-order chi connectivity index (χ1) is 7.40. The van der Waals surface area contributed by atoms with Crippen LogP contribution in [0, 0.1) is 6.92 Å². The molecule has 0 aliphatic heterocycles. The van der Waals surface area contributed by atoms with Crippen molar-refractivity contribution in [1.29, 1.82) is 0 Å². The van der Waals surface area contributed by atoms with E-state index in [1.807, 2.05) is 38.1 Å². The highest BCUT2D eigenvalue weighted by atomic mass is 79.9. The molecule has 1 rings (SSSR count). The van der Waals surface area contributed by atoms with Gasteiger partial charge in [-0.15, -0.1) is 0 Å². The lowest BCUT2D eigenvalue weighted by Crippen LogP contribution is -2.27. The van der Waals surface area contributed by atoms with Gasteiger partial charge in [0.15, 0.2) is 0 Å². The van der Waals surface area contributed by atoms with Crippen molar-refractivity contribution in [3.8, 4) is 0 Å². The summed E-state index contributed by atoms with van der Waals surface area (Å²) in [4.78, 5) is 13.4. The quantitative estimate of drug-likeness (QED) is 0.909. The molecule has 0 heterocycles. The van der Waals surface area contributed by atoms with Gasteiger partial charge in [-0.25, -0.2) is 0 Å². The summed E-state index contributed by atoms with van der Waals surface area (Å²) in [5, 5.41) is 2.86. The van der Waals surface area contributed by atoms with E-state index in [-0.39, 0.29) is 5.91 Å². The van der Waals surface area contributed by atoms with E-state index < -0.39 is 0 Å². The van der Waals surface area contributed by atoms with Crippen LogP contribution in [0.4, 0.5) is 5.69 Å². The molecule has 0 atom stereocenters. The van der Waals surface area contributed by atoms with Crippen molar-refractivity contribution in [2.24, 2.45) is 0 Å². The summed E-state index contributed by atoms with van der Waals surface area (Å²) in [6, 6.07) is 3.94. The number of rotatable bonds is 3. The van der Waals surface area contributed by atoms with Gasteiger partial charge in [0.05, 0.1) is 12.2 Å². The van der Waals surface area contributed by atoms with Gasteiger partial charge in [0.25, 0.3) is 0 Å². The highest BCUT2D eigenvalue weighted by Crippen LogP contribution is 2.32. The maximum absolute atomic E-state index is 11.6. The number of carbonyl (C=O) groups is 1. The van der Waals surface area contributed by atoms with E-state index >= 15 is 0 Å². The smallest absolute Gasteiger partial charge is 0.238 e.